The topological polar surface area (TPSA) is 52.6 Å². The van der Waals surface area contributed by atoms with Crippen LogP contribution in [0.1, 0.15) is 253 Å². The number of ether oxygens (including phenoxy) is 2. The van der Waals surface area contributed by atoms with E-state index in [1.807, 2.05) is 0 Å². The van der Waals surface area contributed by atoms with Crippen LogP contribution in [-0.4, -0.2) is 25.2 Å². The molecule has 0 aromatic carbocycles. The molecule has 0 rings (SSSR count). The fourth-order valence-corrected chi connectivity index (χ4v) is 8.10. The van der Waals surface area contributed by atoms with Crippen LogP contribution < -0.4 is 0 Å². The number of unbranched alkanes of at least 4 members (excludes halogenated alkanes) is 18. The molecule has 0 saturated carbocycles. The van der Waals surface area contributed by atoms with Gasteiger partial charge in [-0.3, -0.25) is 9.59 Å². The van der Waals surface area contributed by atoms with Crippen molar-refractivity contribution in [2.45, 2.75) is 253 Å². The molecule has 0 aliphatic heterocycles. The zero-order chi connectivity index (χ0) is 37.6. The standard InChI is InChI=1S/C47H92O4/c1-7-13-17-21-23-27-38-44(36-25-19-15-9-3)46(48)50-40-31-29-34-42(12-6)43(33-11-5)35-30-32-41-51-47(49)45(37-26-20-16-10-4)39-28-24-22-18-14-8-2/h42-45H,7-41H2,1-6H3. The first-order chi connectivity index (χ1) is 25.0. The fourth-order valence-electron chi connectivity index (χ4n) is 8.10. The molecule has 0 aliphatic carbocycles. The quantitative estimate of drug-likeness (QED) is 0.0467. The number of hydrogen-bond acceptors (Lipinski definition) is 4. The molecule has 4 unspecified atom stereocenters. The van der Waals surface area contributed by atoms with Gasteiger partial charge in [0.2, 0.25) is 0 Å². The molecule has 0 spiro atoms. The molecule has 0 aliphatic rings. The van der Waals surface area contributed by atoms with E-state index in [2.05, 4.69) is 41.5 Å². The van der Waals surface area contributed by atoms with E-state index in [0.717, 1.165) is 88.9 Å². The van der Waals surface area contributed by atoms with Crippen LogP contribution in [0.4, 0.5) is 0 Å². The predicted molar refractivity (Wildman–Crippen MR) is 222 cm³/mol. The first kappa shape index (κ1) is 49.9. The van der Waals surface area contributed by atoms with E-state index in [-0.39, 0.29) is 23.8 Å². The molecule has 0 fully saturated rings. The van der Waals surface area contributed by atoms with Crippen LogP contribution in [0.25, 0.3) is 0 Å². The highest BCUT2D eigenvalue weighted by molar-refractivity contribution is 5.72. The van der Waals surface area contributed by atoms with Crippen LogP contribution in [0.5, 0.6) is 0 Å². The van der Waals surface area contributed by atoms with Crippen molar-refractivity contribution in [2.24, 2.45) is 23.7 Å². The minimum atomic E-state index is 0.0712. The summed E-state index contributed by atoms with van der Waals surface area (Å²) in [4.78, 5) is 26.2. The van der Waals surface area contributed by atoms with E-state index in [9.17, 15) is 9.59 Å². The van der Waals surface area contributed by atoms with Crippen LogP contribution in [0.2, 0.25) is 0 Å². The van der Waals surface area contributed by atoms with Gasteiger partial charge < -0.3 is 9.47 Å². The first-order valence-electron chi connectivity index (χ1n) is 23.3. The molecule has 4 nitrogen and oxygen atoms in total. The Morgan fingerprint density at radius 1 is 0.333 bits per heavy atom. The molecule has 0 aromatic heterocycles. The number of hydrogen-bond donors (Lipinski definition) is 0. The summed E-state index contributed by atoms with van der Waals surface area (Å²) in [6.45, 7) is 14.9. The van der Waals surface area contributed by atoms with Gasteiger partial charge >= 0.3 is 11.9 Å². The van der Waals surface area contributed by atoms with Gasteiger partial charge in [-0.1, -0.05) is 202 Å². The van der Waals surface area contributed by atoms with Crippen LogP contribution in [0, 0.1) is 23.7 Å². The Labute approximate surface area is 320 Å². The second-order valence-electron chi connectivity index (χ2n) is 16.2. The van der Waals surface area contributed by atoms with Crippen molar-refractivity contribution in [2.75, 3.05) is 13.2 Å². The van der Waals surface area contributed by atoms with E-state index in [0.29, 0.717) is 13.2 Å². The zero-order valence-corrected chi connectivity index (χ0v) is 35.7. The highest BCUT2D eigenvalue weighted by Crippen LogP contribution is 2.31. The Morgan fingerprint density at radius 3 is 1.00 bits per heavy atom. The van der Waals surface area contributed by atoms with Gasteiger partial charge in [-0.05, 0) is 63.2 Å². The minimum absolute atomic E-state index is 0.0712. The maximum Gasteiger partial charge on any atom is 0.308 e. The first-order valence-corrected chi connectivity index (χ1v) is 23.3. The summed E-state index contributed by atoms with van der Waals surface area (Å²) in [7, 11) is 0. The van der Waals surface area contributed by atoms with E-state index >= 15 is 0 Å². The Kier molecular flexibility index (Phi) is 37.9. The third-order valence-electron chi connectivity index (χ3n) is 11.6. The van der Waals surface area contributed by atoms with Crippen molar-refractivity contribution in [3.05, 3.63) is 0 Å². The van der Waals surface area contributed by atoms with Gasteiger partial charge in [-0.25, -0.2) is 0 Å². The van der Waals surface area contributed by atoms with E-state index < -0.39 is 0 Å². The highest BCUT2D eigenvalue weighted by atomic mass is 16.5. The Balaban J connectivity index is 4.60. The second-order valence-corrected chi connectivity index (χ2v) is 16.2. The molecule has 4 atom stereocenters. The lowest BCUT2D eigenvalue weighted by molar-refractivity contribution is -0.150. The molecule has 0 N–H and O–H groups in total. The smallest absolute Gasteiger partial charge is 0.308 e. The summed E-state index contributed by atoms with van der Waals surface area (Å²) in [6, 6.07) is 0. The molecule has 0 saturated heterocycles. The van der Waals surface area contributed by atoms with Crippen LogP contribution in [0.15, 0.2) is 0 Å². The molecule has 0 bridgehead atoms. The van der Waals surface area contributed by atoms with Gasteiger partial charge in [0, 0.05) is 0 Å². The largest absolute Gasteiger partial charge is 0.465 e. The molecule has 304 valence electrons. The lowest BCUT2D eigenvalue weighted by Crippen LogP contribution is -2.19. The molecule has 0 heterocycles. The monoisotopic (exact) mass is 721 g/mol. The summed E-state index contributed by atoms with van der Waals surface area (Å²) in [5, 5.41) is 0. The van der Waals surface area contributed by atoms with Crippen molar-refractivity contribution < 1.29 is 19.1 Å². The lowest BCUT2D eigenvalue weighted by Gasteiger charge is -2.26. The Morgan fingerprint density at radius 2 is 0.647 bits per heavy atom. The van der Waals surface area contributed by atoms with Crippen molar-refractivity contribution in [1.82, 2.24) is 0 Å². The van der Waals surface area contributed by atoms with Gasteiger partial charge in [0.25, 0.3) is 0 Å². The fraction of sp³-hybridized carbons (Fsp3) is 0.957. The molecule has 51 heavy (non-hydrogen) atoms. The van der Waals surface area contributed by atoms with Crippen LogP contribution in [-0.2, 0) is 19.1 Å². The second kappa shape index (κ2) is 38.7. The number of carbonyl (C=O) groups excluding carboxylic acids is 2. The van der Waals surface area contributed by atoms with Crippen molar-refractivity contribution in [3.63, 3.8) is 0 Å². The number of esters is 2. The van der Waals surface area contributed by atoms with Gasteiger partial charge in [-0.15, -0.1) is 0 Å². The third kappa shape index (κ3) is 30.0. The predicted octanol–water partition coefficient (Wildman–Crippen LogP) is 15.5. The molecule has 0 radical (unpaired) electrons. The summed E-state index contributed by atoms with van der Waals surface area (Å²) in [6.07, 6.45) is 39.5. The van der Waals surface area contributed by atoms with Gasteiger partial charge in [0.1, 0.15) is 0 Å². The summed E-state index contributed by atoms with van der Waals surface area (Å²) >= 11 is 0. The maximum atomic E-state index is 13.1. The van der Waals surface area contributed by atoms with Gasteiger partial charge in [-0.2, -0.15) is 0 Å². The van der Waals surface area contributed by atoms with Crippen LogP contribution >= 0.6 is 0 Å². The number of rotatable bonds is 40. The molecule has 0 aromatic rings. The van der Waals surface area contributed by atoms with Crippen molar-refractivity contribution >= 4 is 11.9 Å². The van der Waals surface area contributed by atoms with Crippen molar-refractivity contribution in [3.8, 4) is 0 Å². The third-order valence-corrected chi connectivity index (χ3v) is 11.6. The summed E-state index contributed by atoms with van der Waals surface area (Å²) < 4.78 is 11.8. The van der Waals surface area contributed by atoms with Crippen LogP contribution in [0.3, 0.4) is 0 Å². The number of carbonyl (C=O) groups is 2. The molecular formula is C47H92O4. The average molecular weight is 721 g/mol. The summed E-state index contributed by atoms with van der Waals surface area (Å²) in [5.74, 6) is 1.81. The van der Waals surface area contributed by atoms with E-state index in [1.54, 1.807) is 0 Å². The molecular weight excluding hydrogens is 629 g/mol. The Hall–Kier alpha value is -1.06. The molecule has 4 heteroatoms. The van der Waals surface area contributed by atoms with E-state index in [1.165, 1.54) is 135 Å². The lowest BCUT2D eigenvalue weighted by atomic mass is 9.80. The molecule has 0 amide bonds. The maximum absolute atomic E-state index is 13.1. The SMILES string of the molecule is CCCCCCCCC(CCCCCC)C(=O)OCCCCC(CC)C(CCC)CCCCOC(=O)C(CCCCCC)CCCCCCCC. The van der Waals surface area contributed by atoms with E-state index in [4.69, 9.17) is 9.47 Å². The zero-order valence-electron chi connectivity index (χ0n) is 35.7. The minimum Gasteiger partial charge on any atom is -0.465 e. The van der Waals surface area contributed by atoms with Crippen molar-refractivity contribution in [1.29, 1.82) is 0 Å². The Bertz CT molecular complexity index is 736. The average Bonchev–Trinajstić information content (AvgIpc) is 3.13. The van der Waals surface area contributed by atoms with Gasteiger partial charge in [0.05, 0.1) is 25.0 Å². The summed E-state index contributed by atoms with van der Waals surface area (Å²) in [5.41, 5.74) is 0. The van der Waals surface area contributed by atoms with Gasteiger partial charge in [0.15, 0.2) is 0 Å². The highest BCUT2D eigenvalue weighted by Gasteiger charge is 2.22. The normalized spacial score (nSPS) is 13.9.